The van der Waals surface area contributed by atoms with E-state index in [4.69, 9.17) is 22.4 Å². The van der Waals surface area contributed by atoms with Gasteiger partial charge in [-0.05, 0) is 22.4 Å². The molecule has 0 aromatic heterocycles. The van der Waals surface area contributed by atoms with Crippen molar-refractivity contribution in [1.29, 1.82) is 0 Å². The zero-order valence-corrected chi connectivity index (χ0v) is 10.4. The van der Waals surface area contributed by atoms with E-state index in [0.29, 0.717) is 0 Å². The molecule has 50 valence electrons. The zero-order chi connectivity index (χ0) is 6.57. The van der Waals surface area contributed by atoms with Crippen LogP contribution in [0.4, 0.5) is 0 Å². The van der Waals surface area contributed by atoms with Gasteiger partial charge in [-0.2, -0.15) is 0 Å². The molecule has 0 radical (unpaired) electrons. The van der Waals surface area contributed by atoms with E-state index < -0.39 is 7.52 Å². The Morgan fingerprint density at radius 1 is 1.62 bits per heavy atom. The molecule has 2 atom stereocenters. The summed E-state index contributed by atoms with van der Waals surface area (Å²) >= 11 is 16.6. The second-order valence-electron chi connectivity index (χ2n) is 0.552. The molecule has 0 bridgehead atoms. The van der Waals surface area contributed by atoms with Gasteiger partial charge in [0.25, 0.3) is 0 Å². The fraction of sp³-hybridized carbons (Fsp3) is 0. The molecule has 0 spiro atoms. The fourth-order valence-electron chi connectivity index (χ4n) is 0.0448. The summed E-state index contributed by atoms with van der Waals surface area (Å²) in [5, 5.41) is 0. The van der Waals surface area contributed by atoms with Gasteiger partial charge in [0.1, 0.15) is 23.0 Å². The minimum absolute atomic E-state index is 0.345. The van der Waals surface area contributed by atoms with Gasteiger partial charge < -0.3 is 0 Å². The Kier molecular flexibility index (Phi) is 8.23. The minimum Gasteiger partial charge on any atom is -0.235 e. The van der Waals surface area contributed by atoms with Gasteiger partial charge in [0, 0.05) is 15.0 Å². The van der Waals surface area contributed by atoms with Gasteiger partial charge >= 0.3 is 0 Å². The third kappa shape index (κ3) is 5.33. The van der Waals surface area contributed by atoms with Crippen LogP contribution in [0.25, 0.3) is 0 Å². The maximum absolute atomic E-state index is 4.85. The monoisotopic (exact) mass is 336 g/mol. The molecule has 8 heavy (non-hydrogen) atoms. The standard InChI is InChI=1S/HIOS6/c1-2-6-8(5)7(3)4/h(H,3,4). The lowest BCUT2D eigenvalue weighted by molar-refractivity contribution is 0.857. The van der Waals surface area contributed by atoms with Crippen LogP contribution in [0.15, 0.2) is 0 Å². The van der Waals surface area contributed by atoms with Gasteiger partial charge in [0.05, 0.1) is 11.1 Å². The first kappa shape index (κ1) is 10.5. The second-order valence-corrected chi connectivity index (χ2v) is 13.3. The fourth-order valence-corrected chi connectivity index (χ4v) is 5.73. The highest BCUT2D eigenvalue weighted by atomic mass is 127. The van der Waals surface area contributed by atoms with Gasteiger partial charge in [-0.1, -0.05) is 11.7 Å². The summed E-state index contributed by atoms with van der Waals surface area (Å²) in [5.74, 6) is 0. The molecule has 1 nitrogen and oxygen atoms in total. The number of hydrogen-bond donors (Lipinski definition) is 1. The van der Waals surface area contributed by atoms with E-state index >= 15 is 0 Å². The predicted molar refractivity (Wildman–Crippen MR) is 61.1 cm³/mol. The molecule has 8 heteroatoms. The van der Waals surface area contributed by atoms with Gasteiger partial charge in [0.2, 0.25) is 0 Å². The Bertz CT molecular complexity index is 107. The van der Waals surface area contributed by atoms with Crippen LogP contribution in [0, 0.1) is 0 Å². The molecule has 0 rings (SSSR count). The maximum Gasteiger partial charge on any atom is 0.128 e. The summed E-state index contributed by atoms with van der Waals surface area (Å²) in [7, 11) is -0.751. The smallest absolute Gasteiger partial charge is 0.128 e. The molecule has 0 aliphatic rings. The van der Waals surface area contributed by atoms with E-state index in [2.05, 4.69) is 14.2 Å². The summed E-state index contributed by atoms with van der Waals surface area (Å²) in [6, 6.07) is 0. The van der Waals surface area contributed by atoms with E-state index in [1.165, 1.54) is 11.1 Å². The minimum atomic E-state index is -0.407. The third-order valence-electron chi connectivity index (χ3n) is 0.198. The topological polar surface area (TPSA) is 9.23 Å². The summed E-state index contributed by atoms with van der Waals surface area (Å²) < 4.78 is 4.65. The van der Waals surface area contributed by atoms with Gasteiger partial charge in [-0.25, -0.2) is 2.51 Å². The van der Waals surface area contributed by atoms with Crippen LogP contribution in [0.2, 0.25) is 0 Å². The van der Waals surface area contributed by atoms with Crippen molar-refractivity contribution in [2.75, 3.05) is 0 Å². The van der Waals surface area contributed by atoms with E-state index in [1.807, 2.05) is 0 Å². The van der Waals surface area contributed by atoms with Crippen molar-refractivity contribution in [2.45, 2.75) is 0 Å². The first-order chi connectivity index (χ1) is 3.68. The van der Waals surface area contributed by atoms with Crippen LogP contribution < -0.4 is 0 Å². The van der Waals surface area contributed by atoms with Crippen molar-refractivity contribution >= 4 is 83.2 Å². The number of hydrogen-bond acceptors (Lipinski definition) is 4. The largest absolute Gasteiger partial charge is 0.235 e. The third-order valence-corrected chi connectivity index (χ3v) is 12.5. The molecule has 0 aliphatic heterocycles. The zero-order valence-electron chi connectivity index (χ0n) is 3.27. The average molecular weight is 336 g/mol. The first-order valence-corrected chi connectivity index (χ1v) is 9.18. The Hall–Kier alpha value is 2.53. The molecular weight excluding hydrogens is 335 g/mol. The van der Waals surface area contributed by atoms with Crippen molar-refractivity contribution in [1.82, 2.24) is 0 Å². The lowest BCUT2D eigenvalue weighted by atomic mass is 15.9. The quantitative estimate of drug-likeness (QED) is 0.364. The summed E-state index contributed by atoms with van der Waals surface area (Å²) in [6.07, 6.45) is 0. The molecule has 0 amide bonds. The highest BCUT2D eigenvalue weighted by Crippen LogP contribution is 2.18. The molecule has 2 unspecified atom stereocenters. The van der Waals surface area contributed by atoms with Crippen molar-refractivity contribution < 1.29 is 2.51 Å². The number of thiol groups is 1. The van der Waals surface area contributed by atoms with E-state index in [-0.39, 0.29) is 7.52 Å². The van der Waals surface area contributed by atoms with Crippen LogP contribution in [0.1, 0.15) is 0 Å². The van der Waals surface area contributed by atoms with Gasteiger partial charge in [-0.3, -0.25) is 0 Å². The molecule has 0 saturated carbocycles. The maximum atomic E-state index is 4.85. The lowest BCUT2D eigenvalue weighted by Crippen LogP contribution is -1.79. The van der Waals surface area contributed by atoms with Gasteiger partial charge in [0.15, 0.2) is 0 Å². The van der Waals surface area contributed by atoms with E-state index in [0.717, 1.165) is 0 Å². The molecule has 0 heterocycles. The van der Waals surface area contributed by atoms with Crippen molar-refractivity contribution in [3.05, 3.63) is 0 Å². The predicted octanol–water partition coefficient (Wildman–Crippen LogP) is 1.84. The highest BCUT2D eigenvalue weighted by molar-refractivity contribution is 14.1. The van der Waals surface area contributed by atoms with E-state index in [9.17, 15) is 0 Å². The summed E-state index contributed by atoms with van der Waals surface area (Å²) in [5.41, 5.74) is 0. The van der Waals surface area contributed by atoms with Crippen LogP contribution in [-0.4, -0.2) is 0 Å². The Morgan fingerprint density at radius 3 is 2.25 bits per heavy atom. The normalized spacial score (nSPS) is 17.8. The Morgan fingerprint density at radius 2 is 2.12 bits per heavy atom. The summed E-state index contributed by atoms with van der Waals surface area (Å²) in [6.45, 7) is 0. The van der Waals surface area contributed by atoms with Gasteiger partial charge in [-0.15, -0.1) is 0 Å². The van der Waals surface area contributed by atoms with E-state index in [1.54, 1.807) is 23.0 Å². The number of rotatable bonds is 3. The Balaban J connectivity index is 3.49. The molecule has 0 aromatic rings. The van der Waals surface area contributed by atoms with Crippen LogP contribution in [0.5, 0.6) is 0 Å². The molecule has 0 saturated heterocycles. The SMILES string of the molecule is S=S(S)S(=S)SOI. The number of halogens is 1. The van der Waals surface area contributed by atoms with Crippen molar-refractivity contribution in [3.63, 3.8) is 0 Å². The second kappa shape index (κ2) is 6.25. The highest BCUT2D eigenvalue weighted by Gasteiger charge is 1.95. The van der Waals surface area contributed by atoms with Crippen LogP contribution in [0.3, 0.4) is 0 Å². The average Bonchev–Trinajstić information content (AvgIpc) is 1.67. The van der Waals surface area contributed by atoms with Crippen LogP contribution in [-0.2, 0) is 39.9 Å². The van der Waals surface area contributed by atoms with Crippen molar-refractivity contribution in [3.8, 4) is 0 Å². The molecule has 0 aromatic carbocycles. The van der Waals surface area contributed by atoms with Crippen LogP contribution >= 0.6 is 45.7 Å². The molecule has 0 fully saturated rings. The summed E-state index contributed by atoms with van der Waals surface area (Å²) in [4.78, 5) is 0. The van der Waals surface area contributed by atoms with Crippen molar-refractivity contribution in [2.24, 2.45) is 0 Å². The molecule has 0 N–H and O–H groups in total. The first-order valence-electron chi connectivity index (χ1n) is 1.17. The molecule has 0 aliphatic carbocycles. The lowest BCUT2D eigenvalue weighted by Gasteiger charge is -1.93. The Labute approximate surface area is 84.4 Å². The molecular formula is HIOS6.